The molecule has 130 valence electrons. The predicted molar refractivity (Wildman–Crippen MR) is 99.6 cm³/mol. The summed E-state index contributed by atoms with van der Waals surface area (Å²) in [7, 11) is 0. The number of nitrogens with zero attached hydrogens (tertiary/aromatic N) is 4. The van der Waals surface area contributed by atoms with Gasteiger partial charge in [0, 0.05) is 38.4 Å². The van der Waals surface area contributed by atoms with Gasteiger partial charge in [0.2, 0.25) is 5.91 Å². The second-order valence-corrected chi connectivity index (χ2v) is 7.97. The minimum Gasteiger partial charge on any atom is -0.339 e. The first-order chi connectivity index (χ1) is 11.5. The molecule has 24 heavy (non-hydrogen) atoms. The van der Waals surface area contributed by atoms with Crippen LogP contribution in [-0.4, -0.2) is 69.2 Å². The standard InChI is InChI=1S/C18H26N4OS/c1-12(2)21-8-10-22(11-9-21)18(23)16-14(4)20-17(24-16)15-13(3)6-5-7-19-15/h5-7,12,14,16H,8-11H2,1-4H3. The molecule has 0 radical (unpaired) electrons. The van der Waals surface area contributed by atoms with Gasteiger partial charge in [0.25, 0.3) is 0 Å². The van der Waals surface area contributed by atoms with Gasteiger partial charge >= 0.3 is 0 Å². The number of aryl methyl sites for hydroxylation is 1. The number of rotatable bonds is 3. The first-order valence-corrected chi connectivity index (χ1v) is 9.54. The van der Waals surface area contributed by atoms with E-state index in [2.05, 4.69) is 23.7 Å². The highest BCUT2D eigenvalue weighted by molar-refractivity contribution is 8.15. The number of hydrogen-bond acceptors (Lipinski definition) is 5. The van der Waals surface area contributed by atoms with E-state index in [4.69, 9.17) is 4.99 Å². The van der Waals surface area contributed by atoms with Gasteiger partial charge in [0.05, 0.1) is 11.7 Å². The summed E-state index contributed by atoms with van der Waals surface area (Å²) in [6.07, 6.45) is 1.79. The smallest absolute Gasteiger partial charge is 0.238 e. The van der Waals surface area contributed by atoms with Crippen molar-refractivity contribution in [3.8, 4) is 0 Å². The number of amides is 1. The molecule has 0 saturated carbocycles. The van der Waals surface area contributed by atoms with Crippen LogP contribution in [-0.2, 0) is 4.79 Å². The first-order valence-electron chi connectivity index (χ1n) is 8.66. The summed E-state index contributed by atoms with van der Waals surface area (Å²) >= 11 is 1.58. The van der Waals surface area contributed by atoms with Crippen LogP contribution in [0.15, 0.2) is 23.3 Å². The molecule has 2 atom stereocenters. The molecule has 0 N–H and O–H groups in total. The zero-order chi connectivity index (χ0) is 17.3. The van der Waals surface area contributed by atoms with Gasteiger partial charge in [0.15, 0.2) is 0 Å². The van der Waals surface area contributed by atoms with Gasteiger partial charge in [-0.25, -0.2) is 0 Å². The fourth-order valence-electron chi connectivity index (χ4n) is 3.22. The molecule has 1 amide bonds. The SMILES string of the molecule is Cc1cccnc1C1=NC(C)C(C(=O)N2CCN(C(C)C)CC2)S1. The maximum absolute atomic E-state index is 12.9. The van der Waals surface area contributed by atoms with Crippen molar-refractivity contribution in [2.24, 2.45) is 4.99 Å². The van der Waals surface area contributed by atoms with Crippen molar-refractivity contribution in [1.29, 1.82) is 0 Å². The van der Waals surface area contributed by atoms with Crippen molar-refractivity contribution in [2.45, 2.75) is 45.0 Å². The Morgan fingerprint density at radius 1 is 1.29 bits per heavy atom. The highest BCUT2D eigenvalue weighted by Crippen LogP contribution is 2.32. The molecule has 2 aliphatic rings. The van der Waals surface area contributed by atoms with Crippen LogP contribution in [0.2, 0.25) is 0 Å². The van der Waals surface area contributed by atoms with Crippen molar-refractivity contribution in [2.75, 3.05) is 26.2 Å². The lowest BCUT2D eigenvalue weighted by Crippen LogP contribution is -2.53. The van der Waals surface area contributed by atoms with Crippen LogP contribution in [0.5, 0.6) is 0 Å². The van der Waals surface area contributed by atoms with Crippen LogP contribution in [0.1, 0.15) is 32.0 Å². The molecule has 5 nitrogen and oxygen atoms in total. The van der Waals surface area contributed by atoms with E-state index in [1.165, 1.54) is 0 Å². The van der Waals surface area contributed by atoms with Gasteiger partial charge in [0.1, 0.15) is 10.3 Å². The van der Waals surface area contributed by atoms with Gasteiger partial charge in [-0.3, -0.25) is 19.7 Å². The summed E-state index contributed by atoms with van der Waals surface area (Å²) in [5, 5.41) is 0.784. The van der Waals surface area contributed by atoms with E-state index < -0.39 is 0 Å². The van der Waals surface area contributed by atoms with Crippen LogP contribution in [0.3, 0.4) is 0 Å². The average Bonchev–Trinajstić information content (AvgIpc) is 2.96. The Kier molecular flexibility index (Phi) is 5.25. The Morgan fingerprint density at radius 2 is 2.00 bits per heavy atom. The van der Waals surface area contributed by atoms with Crippen molar-refractivity contribution in [1.82, 2.24) is 14.8 Å². The third-order valence-corrected chi connectivity index (χ3v) is 6.18. The molecule has 1 saturated heterocycles. The molecular formula is C18H26N4OS. The summed E-state index contributed by atoms with van der Waals surface area (Å²) in [6, 6.07) is 4.52. The largest absolute Gasteiger partial charge is 0.339 e. The van der Waals surface area contributed by atoms with Gasteiger partial charge in [-0.1, -0.05) is 17.8 Å². The van der Waals surface area contributed by atoms with E-state index in [0.717, 1.165) is 42.5 Å². The van der Waals surface area contributed by atoms with Gasteiger partial charge in [-0.2, -0.15) is 0 Å². The maximum atomic E-state index is 12.9. The lowest BCUT2D eigenvalue weighted by atomic mass is 10.2. The van der Waals surface area contributed by atoms with Crippen molar-refractivity contribution >= 4 is 22.7 Å². The Morgan fingerprint density at radius 3 is 2.62 bits per heavy atom. The van der Waals surface area contributed by atoms with E-state index in [0.29, 0.717) is 6.04 Å². The summed E-state index contributed by atoms with van der Waals surface area (Å²) < 4.78 is 0. The highest BCUT2D eigenvalue weighted by Gasteiger charge is 2.37. The summed E-state index contributed by atoms with van der Waals surface area (Å²) in [5.41, 5.74) is 2.02. The third-order valence-electron chi connectivity index (χ3n) is 4.81. The lowest BCUT2D eigenvalue weighted by molar-refractivity contribution is -0.132. The van der Waals surface area contributed by atoms with Gasteiger partial charge in [-0.05, 0) is 39.3 Å². The number of aromatic nitrogens is 1. The molecule has 2 aliphatic heterocycles. The second-order valence-electron chi connectivity index (χ2n) is 6.84. The summed E-state index contributed by atoms with van der Waals surface area (Å²) in [5.74, 6) is 0.225. The summed E-state index contributed by atoms with van der Waals surface area (Å²) in [4.78, 5) is 26.5. The molecule has 0 bridgehead atoms. The predicted octanol–water partition coefficient (Wildman–Crippen LogP) is 2.19. The van der Waals surface area contributed by atoms with Crippen LogP contribution in [0.4, 0.5) is 0 Å². The number of pyridine rings is 1. The third kappa shape index (κ3) is 3.49. The van der Waals surface area contributed by atoms with E-state index in [1.54, 1.807) is 18.0 Å². The molecular weight excluding hydrogens is 320 g/mol. The molecule has 3 rings (SSSR count). The topological polar surface area (TPSA) is 48.8 Å². The Bertz CT molecular complexity index is 638. The Labute approximate surface area is 148 Å². The molecule has 1 aromatic rings. The molecule has 0 aromatic carbocycles. The van der Waals surface area contributed by atoms with Crippen molar-refractivity contribution in [3.05, 3.63) is 29.6 Å². The minimum absolute atomic E-state index is 0.00188. The number of piperazine rings is 1. The molecule has 6 heteroatoms. The van der Waals surface area contributed by atoms with Crippen LogP contribution >= 0.6 is 11.8 Å². The first kappa shape index (κ1) is 17.4. The Hall–Kier alpha value is -1.40. The minimum atomic E-state index is -0.119. The van der Waals surface area contributed by atoms with Crippen LogP contribution < -0.4 is 0 Å². The molecule has 1 aromatic heterocycles. The lowest BCUT2D eigenvalue weighted by Gasteiger charge is -2.38. The zero-order valence-electron chi connectivity index (χ0n) is 14.9. The number of carbonyl (C=O) groups excluding carboxylic acids is 1. The number of hydrogen-bond donors (Lipinski definition) is 0. The normalized spacial score (nSPS) is 25.2. The molecule has 3 heterocycles. The van der Waals surface area contributed by atoms with Crippen LogP contribution in [0, 0.1) is 6.92 Å². The second kappa shape index (κ2) is 7.23. The van der Waals surface area contributed by atoms with E-state index >= 15 is 0 Å². The van der Waals surface area contributed by atoms with E-state index in [9.17, 15) is 4.79 Å². The number of carbonyl (C=O) groups is 1. The van der Waals surface area contributed by atoms with Gasteiger partial charge in [-0.15, -0.1) is 0 Å². The van der Waals surface area contributed by atoms with E-state index in [1.807, 2.05) is 30.9 Å². The monoisotopic (exact) mass is 346 g/mol. The summed E-state index contributed by atoms with van der Waals surface area (Å²) in [6.45, 7) is 12.0. The maximum Gasteiger partial charge on any atom is 0.238 e. The van der Waals surface area contributed by atoms with E-state index in [-0.39, 0.29) is 17.2 Å². The number of aliphatic imine (C=N–C) groups is 1. The van der Waals surface area contributed by atoms with Gasteiger partial charge < -0.3 is 4.90 Å². The van der Waals surface area contributed by atoms with Crippen molar-refractivity contribution < 1.29 is 4.79 Å². The highest BCUT2D eigenvalue weighted by atomic mass is 32.2. The zero-order valence-corrected chi connectivity index (χ0v) is 15.7. The average molecular weight is 347 g/mol. The number of thioether (sulfide) groups is 1. The fraction of sp³-hybridized carbons (Fsp3) is 0.611. The Balaban J connectivity index is 1.65. The molecule has 0 spiro atoms. The molecule has 0 aliphatic carbocycles. The quantitative estimate of drug-likeness (QED) is 0.842. The fourth-order valence-corrected chi connectivity index (χ4v) is 4.52. The molecule has 2 unspecified atom stereocenters. The molecule has 1 fully saturated rings. The van der Waals surface area contributed by atoms with Crippen molar-refractivity contribution in [3.63, 3.8) is 0 Å². The van der Waals surface area contributed by atoms with Crippen LogP contribution in [0.25, 0.3) is 0 Å².